The van der Waals surface area contributed by atoms with Crippen molar-refractivity contribution in [3.05, 3.63) is 23.9 Å². The van der Waals surface area contributed by atoms with Crippen molar-refractivity contribution in [3.63, 3.8) is 0 Å². The van der Waals surface area contributed by atoms with Gasteiger partial charge in [0.15, 0.2) is 0 Å². The van der Waals surface area contributed by atoms with Gasteiger partial charge in [0.25, 0.3) is 5.91 Å². The average Bonchev–Trinajstić information content (AvgIpc) is 2.98. The van der Waals surface area contributed by atoms with E-state index in [-0.39, 0.29) is 5.91 Å². The van der Waals surface area contributed by atoms with Crippen molar-refractivity contribution in [2.24, 2.45) is 5.92 Å². The highest BCUT2D eigenvalue weighted by Gasteiger charge is 2.15. The number of hydrogen-bond acceptors (Lipinski definition) is 4. The van der Waals surface area contributed by atoms with Gasteiger partial charge in [0.1, 0.15) is 11.5 Å². The molecule has 2 N–H and O–H groups in total. The Balaban J connectivity index is 1.78. The number of amides is 1. The van der Waals surface area contributed by atoms with Crippen LogP contribution in [-0.4, -0.2) is 37.2 Å². The van der Waals surface area contributed by atoms with Crippen molar-refractivity contribution in [2.45, 2.75) is 26.2 Å². The Labute approximate surface area is 120 Å². The maximum Gasteiger partial charge on any atom is 0.269 e. The third-order valence-corrected chi connectivity index (χ3v) is 3.40. The Hall–Kier alpha value is -1.62. The summed E-state index contributed by atoms with van der Waals surface area (Å²) in [6.45, 7) is 5.31. The molecule has 5 heteroatoms. The second-order valence-electron chi connectivity index (χ2n) is 5.11. The lowest BCUT2D eigenvalue weighted by molar-refractivity contribution is 0.0945. The fourth-order valence-electron chi connectivity index (χ4n) is 2.20. The van der Waals surface area contributed by atoms with E-state index in [4.69, 9.17) is 4.74 Å². The molecule has 0 aromatic carbocycles. The van der Waals surface area contributed by atoms with Gasteiger partial charge in [-0.3, -0.25) is 4.79 Å². The number of carbonyl (C=O) groups excluding carboxylic acids is 1. The Morgan fingerprint density at radius 3 is 3.10 bits per heavy atom. The monoisotopic (exact) mass is 277 g/mol. The van der Waals surface area contributed by atoms with E-state index < -0.39 is 0 Å². The van der Waals surface area contributed by atoms with E-state index in [1.807, 2.05) is 12.1 Å². The van der Waals surface area contributed by atoms with Crippen LogP contribution in [-0.2, 0) is 4.74 Å². The molecule has 0 radical (unpaired) electrons. The molecule has 1 aromatic heterocycles. The van der Waals surface area contributed by atoms with Crippen LogP contribution in [0.3, 0.4) is 0 Å². The second kappa shape index (κ2) is 7.85. The summed E-state index contributed by atoms with van der Waals surface area (Å²) in [7, 11) is 0. The zero-order chi connectivity index (χ0) is 14.2. The number of anilines is 1. The number of rotatable bonds is 7. The SMILES string of the molecule is CCCNc1cccc(C(=O)NCCC2CCOC2)n1. The lowest BCUT2D eigenvalue weighted by Crippen LogP contribution is -2.27. The molecule has 1 amide bonds. The minimum Gasteiger partial charge on any atom is -0.381 e. The summed E-state index contributed by atoms with van der Waals surface area (Å²) in [5, 5.41) is 6.11. The highest BCUT2D eigenvalue weighted by molar-refractivity contribution is 5.92. The largest absolute Gasteiger partial charge is 0.381 e. The maximum absolute atomic E-state index is 12.0. The molecule has 0 saturated carbocycles. The molecular formula is C15H23N3O2. The maximum atomic E-state index is 12.0. The highest BCUT2D eigenvalue weighted by atomic mass is 16.5. The third-order valence-electron chi connectivity index (χ3n) is 3.40. The first-order valence-electron chi connectivity index (χ1n) is 7.36. The Bertz CT molecular complexity index is 431. The number of pyridine rings is 1. The molecule has 110 valence electrons. The Kier molecular flexibility index (Phi) is 5.80. The van der Waals surface area contributed by atoms with Gasteiger partial charge in [0, 0.05) is 26.3 Å². The molecule has 0 spiro atoms. The molecular weight excluding hydrogens is 254 g/mol. The number of hydrogen-bond donors (Lipinski definition) is 2. The summed E-state index contributed by atoms with van der Waals surface area (Å²) < 4.78 is 5.32. The predicted octanol–water partition coefficient (Wildman–Crippen LogP) is 2.06. The first-order valence-corrected chi connectivity index (χ1v) is 7.36. The van der Waals surface area contributed by atoms with Crippen LogP contribution in [0.2, 0.25) is 0 Å². The van der Waals surface area contributed by atoms with E-state index in [0.29, 0.717) is 18.2 Å². The van der Waals surface area contributed by atoms with E-state index in [1.165, 1.54) is 0 Å². The first kappa shape index (κ1) is 14.8. The summed E-state index contributed by atoms with van der Waals surface area (Å²) in [6.07, 6.45) is 3.10. The van der Waals surface area contributed by atoms with E-state index >= 15 is 0 Å². The molecule has 2 rings (SSSR count). The standard InChI is InChI=1S/C15H23N3O2/c1-2-8-16-14-5-3-4-13(18-14)15(19)17-9-6-12-7-10-20-11-12/h3-5,12H,2,6-11H2,1H3,(H,16,18)(H,17,19). The molecule has 20 heavy (non-hydrogen) atoms. The van der Waals surface area contributed by atoms with E-state index in [1.54, 1.807) is 6.07 Å². The van der Waals surface area contributed by atoms with Crippen LogP contribution in [0.5, 0.6) is 0 Å². The fraction of sp³-hybridized carbons (Fsp3) is 0.600. The van der Waals surface area contributed by atoms with Crippen LogP contribution in [0.15, 0.2) is 18.2 Å². The van der Waals surface area contributed by atoms with Crippen molar-refractivity contribution >= 4 is 11.7 Å². The van der Waals surface area contributed by atoms with Crippen LogP contribution >= 0.6 is 0 Å². The van der Waals surface area contributed by atoms with Gasteiger partial charge in [-0.1, -0.05) is 13.0 Å². The highest BCUT2D eigenvalue weighted by Crippen LogP contribution is 2.15. The molecule has 1 aliphatic heterocycles. The molecule has 0 bridgehead atoms. The summed E-state index contributed by atoms with van der Waals surface area (Å²) in [6, 6.07) is 5.47. The molecule has 1 fully saturated rings. The molecule has 1 aromatic rings. The van der Waals surface area contributed by atoms with E-state index in [0.717, 1.165) is 44.8 Å². The number of ether oxygens (including phenoxy) is 1. The quantitative estimate of drug-likeness (QED) is 0.801. The molecule has 0 aliphatic carbocycles. The van der Waals surface area contributed by atoms with E-state index in [9.17, 15) is 4.79 Å². The van der Waals surface area contributed by atoms with Gasteiger partial charge in [0.05, 0.1) is 0 Å². The van der Waals surface area contributed by atoms with Crippen LogP contribution in [0.4, 0.5) is 5.82 Å². The Morgan fingerprint density at radius 2 is 2.35 bits per heavy atom. The lowest BCUT2D eigenvalue weighted by atomic mass is 10.1. The fourth-order valence-corrected chi connectivity index (χ4v) is 2.20. The summed E-state index contributed by atoms with van der Waals surface area (Å²) in [5.74, 6) is 1.23. The second-order valence-corrected chi connectivity index (χ2v) is 5.11. The van der Waals surface area contributed by atoms with Gasteiger partial charge < -0.3 is 15.4 Å². The van der Waals surface area contributed by atoms with E-state index in [2.05, 4.69) is 22.5 Å². The lowest BCUT2D eigenvalue weighted by Gasteiger charge is -2.09. The topological polar surface area (TPSA) is 63.2 Å². The summed E-state index contributed by atoms with van der Waals surface area (Å²) >= 11 is 0. The van der Waals surface area contributed by atoms with Crippen molar-refractivity contribution in [3.8, 4) is 0 Å². The predicted molar refractivity (Wildman–Crippen MR) is 78.9 cm³/mol. The van der Waals surface area contributed by atoms with Crippen molar-refractivity contribution in [1.29, 1.82) is 0 Å². The first-order chi connectivity index (χ1) is 9.79. The molecule has 1 saturated heterocycles. The number of aromatic nitrogens is 1. The molecule has 2 heterocycles. The van der Waals surface area contributed by atoms with Crippen LogP contribution in [0.25, 0.3) is 0 Å². The normalized spacial score (nSPS) is 17.9. The number of nitrogens with one attached hydrogen (secondary N) is 2. The van der Waals surface area contributed by atoms with Gasteiger partial charge in [-0.05, 0) is 37.3 Å². The summed E-state index contributed by atoms with van der Waals surface area (Å²) in [4.78, 5) is 16.3. The summed E-state index contributed by atoms with van der Waals surface area (Å²) in [5.41, 5.74) is 0.466. The smallest absolute Gasteiger partial charge is 0.269 e. The van der Waals surface area contributed by atoms with Gasteiger partial charge in [-0.25, -0.2) is 4.98 Å². The molecule has 5 nitrogen and oxygen atoms in total. The van der Waals surface area contributed by atoms with Crippen molar-refractivity contribution in [1.82, 2.24) is 10.3 Å². The molecule has 1 aliphatic rings. The minimum absolute atomic E-state index is 0.107. The molecule has 1 atom stereocenters. The average molecular weight is 277 g/mol. The van der Waals surface area contributed by atoms with Gasteiger partial charge in [-0.2, -0.15) is 0 Å². The third kappa shape index (κ3) is 4.49. The zero-order valence-corrected chi connectivity index (χ0v) is 12.0. The Morgan fingerprint density at radius 1 is 1.45 bits per heavy atom. The van der Waals surface area contributed by atoms with Crippen LogP contribution < -0.4 is 10.6 Å². The minimum atomic E-state index is -0.107. The van der Waals surface area contributed by atoms with Crippen molar-refractivity contribution < 1.29 is 9.53 Å². The van der Waals surface area contributed by atoms with Gasteiger partial charge in [0.2, 0.25) is 0 Å². The molecule has 1 unspecified atom stereocenters. The zero-order valence-electron chi connectivity index (χ0n) is 12.0. The van der Waals surface area contributed by atoms with Crippen LogP contribution in [0, 0.1) is 5.92 Å². The number of nitrogens with zero attached hydrogens (tertiary/aromatic N) is 1. The van der Waals surface area contributed by atoms with Crippen LogP contribution in [0.1, 0.15) is 36.7 Å². The van der Waals surface area contributed by atoms with Gasteiger partial charge in [-0.15, -0.1) is 0 Å². The number of carbonyl (C=O) groups is 1. The van der Waals surface area contributed by atoms with Gasteiger partial charge >= 0.3 is 0 Å². The van der Waals surface area contributed by atoms with Crippen molar-refractivity contribution in [2.75, 3.05) is 31.6 Å².